The van der Waals surface area contributed by atoms with Gasteiger partial charge in [0.25, 0.3) is 0 Å². The van der Waals surface area contributed by atoms with Crippen LogP contribution in [0.1, 0.15) is 31.4 Å². The summed E-state index contributed by atoms with van der Waals surface area (Å²) in [6.07, 6.45) is -0.724. The minimum atomic E-state index is -4.46. The molecule has 0 aliphatic heterocycles. The molecule has 0 amide bonds. The molecule has 3 aromatic rings. The molecule has 0 saturated heterocycles. The third-order valence-corrected chi connectivity index (χ3v) is 8.83. The second-order valence-corrected chi connectivity index (χ2v) is 12.7. The van der Waals surface area contributed by atoms with Crippen molar-refractivity contribution in [2.75, 3.05) is 57.1 Å². The van der Waals surface area contributed by atoms with E-state index < -0.39 is 22.7 Å². The normalized spacial score (nSPS) is 17.2. The topological polar surface area (TPSA) is 142 Å². The Hall–Kier alpha value is -3.48. The molecule has 0 unspecified atom stereocenters. The molecule has 0 bridgehead atoms. The number of alkyl halides is 3. The Labute approximate surface area is 261 Å². The van der Waals surface area contributed by atoms with E-state index in [2.05, 4.69) is 27.4 Å². The molecule has 1 fully saturated rings. The van der Waals surface area contributed by atoms with Gasteiger partial charge in [-0.05, 0) is 67.9 Å². The van der Waals surface area contributed by atoms with E-state index in [0.29, 0.717) is 35.6 Å². The molecule has 1 aromatic heterocycles. The number of sulfonamides is 1. The molecule has 246 valence electrons. The summed E-state index contributed by atoms with van der Waals surface area (Å²) < 4.78 is 70.6. The number of anilines is 2. The average Bonchev–Trinajstić information content (AvgIpc) is 3.32. The molecule has 10 nitrogen and oxygen atoms in total. The second-order valence-electron chi connectivity index (χ2n) is 11.1. The fourth-order valence-electron chi connectivity index (χ4n) is 5.78. The van der Waals surface area contributed by atoms with Crippen LogP contribution in [0, 0.1) is 17.8 Å². The van der Waals surface area contributed by atoms with Gasteiger partial charge in [0.1, 0.15) is 12.3 Å². The molecule has 14 heteroatoms. The Kier molecular flexibility index (Phi) is 11.6. The number of hydrogen-bond donors (Lipinski definition) is 5. The number of nitrogens with zero attached hydrogens (tertiary/aromatic N) is 2. The molecule has 1 aliphatic rings. The average molecular weight is 652 g/mol. The Bertz CT molecular complexity index is 1600. The van der Waals surface area contributed by atoms with Crippen LogP contribution in [-0.4, -0.2) is 86.8 Å². The number of aliphatic hydroxyl groups is 2. The summed E-state index contributed by atoms with van der Waals surface area (Å²) >= 11 is 0. The molecule has 2 aromatic carbocycles. The van der Waals surface area contributed by atoms with Crippen molar-refractivity contribution >= 4 is 32.3 Å². The lowest BCUT2D eigenvalue weighted by atomic mass is 9.85. The van der Waals surface area contributed by atoms with E-state index in [1.807, 2.05) is 6.07 Å². The zero-order chi connectivity index (χ0) is 32.6. The summed E-state index contributed by atoms with van der Waals surface area (Å²) in [7, 11) is -2.55. The lowest BCUT2D eigenvalue weighted by Crippen LogP contribution is -2.37. The van der Waals surface area contributed by atoms with E-state index in [1.165, 1.54) is 29.9 Å². The SMILES string of the molecule is COc1cc(S(N)(=O)=O)ccc1NCC#Cc1cc2c(NC3CCC(CN(CCO)CCO)CC3)cccc2n1CC(F)(F)F. The van der Waals surface area contributed by atoms with Crippen LogP contribution >= 0.6 is 0 Å². The van der Waals surface area contributed by atoms with Gasteiger partial charge in [-0.2, -0.15) is 13.2 Å². The first-order chi connectivity index (χ1) is 21.4. The summed E-state index contributed by atoms with van der Waals surface area (Å²) in [5.41, 5.74) is 1.84. The minimum Gasteiger partial charge on any atom is -0.495 e. The lowest BCUT2D eigenvalue weighted by molar-refractivity contribution is -0.140. The predicted molar refractivity (Wildman–Crippen MR) is 168 cm³/mol. The van der Waals surface area contributed by atoms with Crippen molar-refractivity contribution in [2.45, 2.75) is 49.3 Å². The molecule has 6 N–H and O–H groups in total. The van der Waals surface area contributed by atoms with Crippen LogP contribution < -0.4 is 20.5 Å². The largest absolute Gasteiger partial charge is 0.495 e. The van der Waals surface area contributed by atoms with Gasteiger partial charge < -0.3 is 30.2 Å². The summed E-state index contributed by atoms with van der Waals surface area (Å²) in [4.78, 5) is 1.95. The van der Waals surface area contributed by atoms with Crippen LogP contribution in [0.15, 0.2) is 47.4 Å². The fourth-order valence-corrected chi connectivity index (χ4v) is 6.31. The highest BCUT2D eigenvalue weighted by molar-refractivity contribution is 7.89. The van der Waals surface area contributed by atoms with E-state index in [1.54, 1.807) is 18.2 Å². The van der Waals surface area contributed by atoms with Crippen molar-refractivity contribution in [3.05, 3.63) is 48.2 Å². The highest BCUT2D eigenvalue weighted by atomic mass is 32.2. The van der Waals surface area contributed by atoms with Gasteiger partial charge in [0.2, 0.25) is 10.0 Å². The molecule has 4 rings (SSSR count). The maximum atomic E-state index is 13.6. The van der Waals surface area contributed by atoms with Gasteiger partial charge in [-0.3, -0.25) is 4.90 Å². The summed E-state index contributed by atoms with van der Waals surface area (Å²) in [5.74, 6) is 6.42. The number of ether oxygens (including phenoxy) is 1. The zero-order valence-electron chi connectivity index (χ0n) is 25.1. The van der Waals surface area contributed by atoms with E-state index >= 15 is 0 Å². The van der Waals surface area contributed by atoms with Crippen LogP contribution in [0.4, 0.5) is 24.5 Å². The molecular formula is C31H40F3N5O5S. The molecule has 0 atom stereocenters. The monoisotopic (exact) mass is 651 g/mol. The van der Waals surface area contributed by atoms with Crippen LogP contribution in [-0.2, 0) is 16.6 Å². The first kappa shape index (κ1) is 34.4. The number of nitrogens with one attached hydrogen (secondary N) is 2. The van der Waals surface area contributed by atoms with Crippen LogP contribution in [0.3, 0.4) is 0 Å². The van der Waals surface area contributed by atoms with Crippen molar-refractivity contribution in [3.63, 3.8) is 0 Å². The highest BCUT2D eigenvalue weighted by Crippen LogP contribution is 2.33. The number of rotatable bonds is 13. The third-order valence-electron chi connectivity index (χ3n) is 7.92. The van der Waals surface area contributed by atoms with Crippen molar-refractivity contribution < 1.29 is 36.5 Å². The Balaban J connectivity index is 1.50. The minimum absolute atomic E-state index is 0.0454. The number of nitrogens with two attached hydrogens (primary N) is 1. The maximum Gasteiger partial charge on any atom is 0.406 e. The van der Waals surface area contributed by atoms with Gasteiger partial charge in [-0.15, -0.1) is 0 Å². The molecular weight excluding hydrogens is 611 g/mol. The maximum absolute atomic E-state index is 13.6. The number of fused-ring (bicyclic) bond motifs is 1. The number of aliphatic hydroxyl groups excluding tert-OH is 2. The van der Waals surface area contributed by atoms with Gasteiger partial charge in [0.05, 0.1) is 48.7 Å². The van der Waals surface area contributed by atoms with Crippen molar-refractivity contribution in [2.24, 2.45) is 11.1 Å². The first-order valence-corrected chi connectivity index (χ1v) is 16.3. The molecule has 1 aliphatic carbocycles. The Morgan fingerprint density at radius 1 is 1.07 bits per heavy atom. The molecule has 0 radical (unpaired) electrons. The van der Waals surface area contributed by atoms with E-state index in [9.17, 15) is 31.8 Å². The van der Waals surface area contributed by atoms with Crippen molar-refractivity contribution in [1.82, 2.24) is 9.47 Å². The van der Waals surface area contributed by atoms with Gasteiger partial charge >= 0.3 is 6.18 Å². The summed E-state index contributed by atoms with van der Waals surface area (Å²) in [6.45, 7) is 0.825. The third kappa shape index (κ3) is 9.51. The van der Waals surface area contributed by atoms with Crippen molar-refractivity contribution in [1.29, 1.82) is 0 Å². The summed E-state index contributed by atoms with van der Waals surface area (Å²) in [6, 6.07) is 11.2. The number of methoxy groups -OCH3 is 1. The number of hydrogen-bond acceptors (Lipinski definition) is 8. The number of aromatic nitrogens is 1. The fraction of sp³-hybridized carbons (Fsp3) is 0.484. The second kappa shape index (κ2) is 15.2. The highest BCUT2D eigenvalue weighted by Gasteiger charge is 2.30. The Morgan fingerprint density at radius 2 is 1.78 bits per heavy atom. The smallest absolute Gasteiger partial charge is 0.406 e. The molecule has 1 saturated carbocycles. The predicted octanol–water partition coefficient (Wildman–Crippen LogP) is 3.58. The number of halogens is 3. The van der Waals surface area contributed by atoms with Crippen molar-refractivity contribution in [3.8, 4) is 17.6 Å². The quantitative estimate of drug-likeness (QED) is 0.177. The summed E-state index contributed by atoms with van der Waals surface area (Å²) in [5, 5.41) is 31.0. The molecule has 0 spiro atoms. The van der Waals surface area contributed by atoms with E-state index in [0.717, 1.165) is 37.9 Å². The lowest BCUT2D eigenvalue weighted by Gasteiger charge is -2.33. The van der Waals surface area contributed by atoms with Gasteiger partial charge in [0, 0.05) is 42.8 Å². The van der Waals surface area contributed by atoms with Gasteiger partial charge in [-0.25, -0.2) is 13.6 Å². The first-order valence-electron chi connectivity index (χ1n) is 14.7. The van der Waals surface area contributed by atoms with Gasteiger partial charge in [0.15, 0.2) is 0 Å². The van der Waals surface area contributed by atoms with Crippen LogP contribution in [0.25, 0.3) is 10.9 Å². The zero-order valence-corrected chi connectivity index (χ0v) is 25.9. The standard InChI is InChI=1S/C31H40F3N5O5S/c1-44-30-19-25(45(35,42)43)11-12-28(30)36-13-3-4-24-18-26-27(5-2-6-29(26)39(24)21-31(32,33)34)37-23-9-7-22(8-10-23)20-38(14-16-40)15-17-41/h2,5-6,11-12,18-19,22-23,36-37,40-41H,7-10,13-17,20-21H2,1H3,(H2,35,42,43). The van der Waals surface area contributed by atoms with Crippen LogP contribution in [0.5, 0.6) is 5.75 Å². The molecule has 1 heterocycles. The number of primary sulfonamides is 1. The van der Waals surface area contributed by atoms with E-state index in [4.69, 9.17) is 9.88 Å². The molecule has 45 heavy (non-hydrogen) atoms. The Morgan fingerprint density at radius 3 is 2.40 bits per heavy atom. The van der Waals surface area contributed by atoms with E-state index in [-0.39, 0.29) is 42.1 Å². The number of benzene rings is 2. The van der Waals surface area contributed by atoms with Crippen LogP contribution in [0.2, 0.25) is 0 Å². The van der Waals surface area contributed by atoms with Gasteiger partial charge in [-0.1, -0.05) is 12.0 Å².